The molecule has 1 aliphatic heterocycles. The van der Waals surface area contributed by atoms with Gasteiger partial charge in [0.2, 0.25) is 0 Å². The molecule has 0 aliphatic carbocycles. The van der Waals surface area contributed by atoms with Gasteiger partial charge in [-0.05, 0) is 36.6 Å². The minimum absolute atomic E-state index is 0.119. The van der Waals surface area contributed by atoms with E-state index in [1.807, 2.05) is 24.3 Å². The maximum atomic E-state index is 12.3. The van der Waals surface area contributed by atoms with E-state index in [0.717, 1.165) is 25.2 Å². The van der Waals surface area contributed by atoms with Crippen LogP contribution in [0.25, 0.3) is 0 Å². The third-order valence-corrected chi connectivity index (χ3v) is 3.66. The number of rotatable bonds is 4. The quantitative estimate of drug-likeness (QED) is 0.913. The summed E-state index contributed by atoms with van der Waals surface area (Å²) in [6.07, 6.45) is -1.35. The zero-order valence-electron chi connectivity index (χ0n) is 11.0. The monoisotopic (exact) mass is 288 g/mol. The molecule has 1 N–H and O–H groups in total. The molecule has 0 aromatic heterocycles. The Balaban J connectivity index is 1.99. The molecule has 2 atom stereocenters. The first kappa shape index (κ1) is 14.5. The van der Waals surface area contributed by atoms with Crippen molar-refractivity contribution in [3.05, 3.63) is 29.3 Å². The predicted octanol–water partition coefficient (Wildman–Crippen LogP) is 3.41. The molecular formula is C14H19ClF2N2. The predicted molar refractivity (Wildman–Crippen MR) is 75.2 cm³/mol. The van der Waals surface area contributed by atoms with Crippen LogP contribution in [-0.2, 0) is 0 Å². The molecule has 2 nitrogen and oxygen atoms in total. The number of hydrogen-bond donors (Lipinski definition) is 1. The van der Waals surface area contributed by atoms with Crippen LogP contribution in [0.3, 0.4) is 0 Å². The highest BCUT2D eigenvalue weighted by molar-refractivity contribution is 6.30. The van der Waals surface area contributed by atoms with Crippen molar-refractivity contribution in [1.29, 1.82) is 0 Å². The van der Waals surface area contributed by atoms with Crippen LogP contribution in [0.15, 0.2) is 24.3 Å². The number of nitrogens with zero attached hydrogens (tertiary/aromatic N) is 1. The molecular weight excluding hydrogens is 270 g/mol. The molecule has 1 fully saturated rings. The smallest absolute Gasteiger partial charge is 0.250 e. The van der Waals surface area contributed by atoms with Gasteiger partial charge in [-0.15, -0.1) is 0 Å². The topological polar surface area (TPSA) is 15.3 Å². The average Bonchev–Trinajstić information content (AvgIpc) is 2.36. The van der Waals surface area contributed by atoms with Gasteiger partial charge in [-0.25, -0.2) is 8.78 Å². The fraction of sp³-hybridized carbons (Fsp3) is 0.571. The van der Waals surface area contributed by atoms with Crippen LogP contribution in [-0.4, -0.2) is 32.1 Å². The van der Waals surface area contributed by atoms with Crippen molar-refractivity contribution < 1.29 is 8.78 Å². The van der Waals surface area contributed by atoms with Gasteiger partial charge in [-0.3, -0.25) is 0 Å². The van der Waals surface area contributed by atoms with Crippen LogP contribution in [0.2, 0.25) is 5.02 Å². The average molecular weight is 289 g/mol. The van der Waals surface area contributed by atoms with Gasteiger partial charge >= 0.3 is 0 Å². The summed E-state index contributed by atoms with van der Waals surface area (Å²) in [6, 6.07) is 7.79. The molecule has 5 heteroatoms. The second-order valence-corrected chi connectivity index (χ2v) is 5.65. The number of hydrogen-bond acceptors (Lipinski definition) is 2. The van der Waals surface area contributed by atoms with E-state index in [1.165, 1.54) is 0 Å². The minimum Gasteiger partial charge on any atom is -0.370 e. The highest BCUT2D eigenvalue weighted by Crippen LogP contribution is 2.24. The highest BCUT2D eigenvalue weighted by Gasteiger charge is 2.25. The fourth-order valence-electron chi connectivity index (χ4n) is 2.62. The van der Waals surface area contributed by atoms with E-state index in [-0.39, 0.29) is 12.6 Å². The Morgan fingerprint density at radius 2 is 2.00 bits per heavy atom. The van der Waals surface area contributed by atoms with E-state index in [9.17, 15) is 8.78 Å². The summed E-state index contributed by atoms with van der Waals surface area (Å²) in [7, 11) is 0. The molecule has 0 bridgehead atoms. The lowest BCUT2D eigenvalue weighted by Crippen LogP contribution is -2.49. The molecule has 19 heavy (non-hydrogen) atoms. The third kappa shape index (κ3) is 4.32. The Morgan fingerprint density at radius 3 is 2.63 bits per heavy atom. The first-order chi connectivity index (χ1) is 9.04. The Hall–Kier alpha value is -0.870. The van der Waals surface area contributed by atoms with Gasteiger partial charge in [0, 0.05) is 29.8 Å². The summed E-state index contributed by atoms with van der Waals surface area (Å²) < 4.78 is 24.5. The van der Waals surface area contributed by atoms with E-state index in [1.54, 1.807) is 0 Å². The summed E-state index contributed by atoms with van der Waals surface area (Å²) >= 11 is 5.88. The SMILES string of the molecule is CC1CC(NCC(F)F)CN(c2ccc(Cl)cc2)C1. The molecule has 2 unspecified atom stereocenters. The normalized spacial score (nSPS) is 23.9. The van der Waals surface area contributed by atoms with Crippen LogP contribution in [0.5, 0.6) is 0 Å². The lowest BCUT2D eigenvalue weighted by atomic mass is 9.95. The number of nitrogens with one attached hydrogen (secondary N) is 1. The molecule has 2 rings (SSSR count). The van der Waals surface area contributed by atoms with Gasteiger partial charge in [-0.1, -0.05) is 18.5 Å². The molecule has 1 aromatic carbocycles. The zero-order chi connectivity index (χ0) is 13.8. The molecule has 0 saturated carbocycles. The van der Waals surface area contributed by atoms with Crippen LogP contribution < -0.4 is 10.2 Å². The number of benzene rings is 1. The van der Waals surface area contributed by atoms with E-state index < -0.39 is 6.43 Å². The lowest BCUT2D eigenvalue weighted by Gasteiger charge is -2.38. The van der Waals surface area contributed by atoms with E-state index in [2.05, 4.69) is 17.1 Å². The molecule has 1 heterocycles. The van der Waals surface area contributed by atoms with Crippen molar-refractivity contribution in [2.24, 2.45) is 5.92 Å². The minimum atomic E-state index is -2.29. The Labute approximate surface area is 117 Å². The van der Waals surface area contributed by atoms with Gasteiger partial charge in [0.25, 0.3) is 6.43 Å². The number of alkyl halides is 2. The highest BCUT2D eigenvalue weighted by atomic mass is 35.5. The van der Waals surface area contributed by atoms with Gasteiger partial charge in [-0.2, -0.15) is 0 Å². The van der Waals surface area contributed by atoms with Crippen molar-refractivity contribution in [3.8, 4) is 0 Å². The maximum absolute atomic E-state index is 12.3. The molecule has 1 saturated heterocycles. The molecule has 1 aliphatic rings. The summed E-state index contributed by atoms with van der Waals surface area (Å²) in [5, 5.41) is 3.65. The van der Waals surface area contributed by atoms with Gasteiger partial charge in [0.15, 0.2) is 0 Å². The van der Waals surface area contributed by atoms with E-state index >= 15 is 0 Å². The van der Waals surface area contributed by atoms with E-state index in [0.29, 0.717) is 10.9 Å². The van der Waals surface area contributed by atoms with Crippen molar-refractivity contribution in [2.45, 2.75) is 25.8 Å². The summed E-state index contributed by atoms with van der Waals surface area (Å²) in [5.41, 5.74) is 1.10. The molecule has 0 radical (unpaired) electrons. The third-order valence-electron chi connectivity index (χ3n) is 3.41. The first-order valence-corrected chi connectivity index (χ1v) is 6.94. The summed E-state index contributed by atoms with van der Waals surface area (Å²) in [6.45, 7) is 3.64. The Bertz CT molecular complexity index is 397. The molecule has 0 amide bonds. The molecule has 106 valence electrons. The lowest BCUT2D eigenvalue weighted by molar-refractivity contribution is 0.138. The van der Waals surface area contributed by atoms with Crippen molar-refractivity contribution in [2.75, 3.05) is 24.5 Å². The number of anilines is 1. The van der Waals surface area contributed by atoms with Gasteiger partial charge in [0.05, 0.1) is 6.54 Å². The molecule has 0 spiro atoms. The van der Waals surface area contributed by atoms with Gasteiger partial charge in [0.1, 0.15) is 0 Å². The largest absolute Gasteiger partial charge is 0.370 e. The standard InChI is InChI=1S/C14H19ClF2N2/c1-10-6-12(18-7-14(16)17)9-19(8-10)13-4-2-11(15)3-5-13/h2-5,10,12,14,18H,6-9H2,1H3. The van der Waals surface area contributed by atoms with Crippen LogP contribution in [0, 0.1) is 5.92 Å². The zero-order valence-corrected chi connectivity index (χ0v) is 11.7. The second-order valence-electron chi connectivity index (χ2n) is 5.22. The summed E-state index contributed by atoms with van der Waals surface area (Å²) in [5.74, 6) is 0.486. The van der Waals surface area contributed by atoms with Crippen LogP contribution >= 0.6 is 11.6 Å². The first-order valence-electron chi connectivity index (χ1n) is 6.56. The van der Waals surface area contributed by atoms with Crippen molar-refractivity contribution in [3.63, 3.8) is 0 Å². The second kappa shape index (κ2) is 6.53. The van der Waals surface area contributed by atoms with Gasteiger partial charge < -0.3 is 10.2 Å². The van der Waals surface area contributed by atoms with Crippen LogP contribution in [0.1, 0.15) is 13.3 Å². The Morgan fingerprint density at radius 1 is 1.32 bits per heavy atom. The fourth-order valence-corrected chi connectivity index (χ4v) is 2.74. The number of piperidine rings is 1. The van der Waals surface area contributed by atoms with Crippen molar-refractivity contribution in [1.82, 2.24) is 5.32 Å². The number of halogens is 3. The summed E-state index contributed by atoms with van der Waals surface area (Å²) in [4.78, 5) is 2.23. The Kier molecular flexibility index (Phi) is 4.99. The van der Waals surface area contributed by atoms with Crippen molar-refractivity contribution >= 4 is 17.3 Å². The van der Waals surface area contributed by atoms with E-state index in [4.69, 9.17) is 11.6 Å². The molecule has 1 aromatic rings. The van der Waals surface area contributed by atoms with Crippen LogP contribution in [0.4, 0.5) is 14.5 Å². The maximum Gasteiger partial charge on any atom is 0.250 e.